The van der Waals surface area contributed by atoms with Crippen molar-refractivity contribution in [2.75, 3.05) is 0 Å². The van der Waals surface area contributed by atoms with Crippen molar-refractivity contribution < 1.29 is 14.5 Å². The number of nitrogens with zero attached hydrogens (tertiary/aromatic N) is 3. The molecule has 1 aliphatic carbocycles. The molecular formula is C20H19N3O4. The Morgan fingerprint density at radius 3 is 2.07 bits per heavy atom. The van der Waals surface area contributed by atoms with Crippen LogP contribution in [0, 0.1) is 10.1 Å². The minimum atomic E-state index is -1.28. The van der Waals surface area contributed by atoms with Crippen LogP contribution in [0.3, 0.4) is 0 Å². The molecule has 138 valence electrons. The molecule has 0 atom stereocenters. The Labute approximate surface area is 156 Å². The van der Waals surface area contributed by atoms with Gasteiger partial charge in [0.05, 0.1) is 17.8 Å². The van der Waals surface area contributed by atoms with Gasteiger partial charge in [0.2, 0.25) is 17.1 Å². The van der Waals surface area contributed by atoms with Gasteiger partial charge in [0.1, 0.15) is 11.4 Å². The summed E-state index contributed by atoms with van der Waals surface area (Å²) < 4.78 is 0. The average molecular weight is 365 g/mol. The van der Waals surface area contributed by atoms with E-state index in [0.717, 1.165) is 5.57 Å². The summed E-state index contributed by atoms with van der Waals surface area (Å²) in [5.74, 6) is -0.757. The second-order valence-corrected chi connectivity index (χ2v) is 7.42. The topological polar surface area (TPSA) is 103 Å². The van der Waals surface area contributed by atoms with Crippen molar-refractivity contribution in [3.05, 3.63) is 73.9 Å². The third kappa shape index (κ3) is 3.28. The van der Waals surface area contributed by atoms with Crippen LogP contribution in [-0.2, 0) is 6.42 Å². The van der Waals surface area contributed by atoms with Crippen molar-refractivity contribution in [1.29, 1.82) is 0 Å². The summed E-state index contributed by atoms with van der Waals surface area (Å²) >= 11 is 0. The number of nitro groups is 1. The number of hydrogen-bond donors (Lipinski definition) is 0. The predicted octanol–water partition coefficient (Wildman–Crippen LogP) is 3.27. The second kappa shape index (κ2) is 6.50. The molecule has 0 unspecified atom stereocenters. The van der Waals surface area contributed by atoms with Crippen LogP contribution in [0.1, 0.15) is 71.2 Å². The summed E-state index contributed by atoms with van der Waals surface area (Å²) in [6, 6.07) is 6.53. The fourth-order valence-corrected chi connectivity index (χ4v) is 2.93. The van der Waals surface area contributed by atoms with Crippen LogP contribution in [0.25, 0.3) is 6.08 Å². The summed E-state index contributed by atoms with van der Waals surface area (Å²) in [6.45, 7) is 6.68. The van der Waals surface area contributed by atoms with Crippen LogP contribution in [0.5, 0.6) is 0 Å². The number of hydrogen-bond acceptors (Lipinski definition) is 6. The Hall–Kier alpha value is -3.22. The van der Waals surface area contributed by atoms with Crippen molar-refractivity contribution >= 4 is 17.6 Å². The molecule has 1 aromatic carbocycles. The first-order valence-corrected chi connectivity index (χ1v) is 8.50. The van der Waals surface area contributed by atoms with Gasteiger partial charge in [-0.25, -0.2) is 9.97 Å². The van der Waals surface area contributed by atoms with Gasteiger partial charge in [-0.3, -0.25) is 19.7 Å². The van der Waals surface area contributed by atoms with E-state index in [-0.39, 0.29) is 34.1 Å². The lowest BCUT2D eigenvalue weighted by atomic mass is 9.89. The van der Waals surface area contributed by atoms with Crippen LogP contribution in [0.15, 0.2) is 29.8 Å². The zero-order valence-corrected chi connectivity index (χ0v) is 15.6. The fraction of sp³-hybridized carbons (Fsp3) is 0.300. The highest BCUT2D eigenvalue weighted by atomic mass is 16.6. The van der Waals surface area contributed by atoms with Crippen LogP contribution in [0.4, 0.5) is 0 Å². The van der Waals surface area contributed by atoms with Crippen molar-refractivity contribution in [2.45, 2.75) is 39.7 Å². The van der Waals surface area contributed by atoms with Gasteiger partial charge in [-0.05, 0) is 19.9 Å². The van der Waals surface area contributed by atoms with Gasteiger partial charge in [0.25, 0.3) is 0 Å². The average Bonchev–Trinajstić information content (AvgIpc) is 2.60. The Bertz CT molecular complexity index is 1020. The van der Waals surface area contributed by atoms with Gasteiger partial charge in [-0.1, -0.05) is 29.8 Å². The first-order valence-electron chi connectivity index (χ1n) is 8.50. The molecule has 27 heavy (non-hydrogen) atoms. The summed E-state index contributed by atoms with van der Waals surface area (Å²) in [4.78, 5) is 45.4. The van der Waals surface area contributed by atoms with Crippen molar-refractivity contribution in [2.24, 2.45) is 0 Å². The molecular weight excluding hydrogens is 346 g/mol. The molecule has 0 N–H and O–H groups in total. The third-order valence-corrected chi connectivity index (χ3v) is 4.37. The van der Waals surface area contributed by atoms with E-state index >= 15 is 0 Å². The monoisotopic (exact) mass is 365 g/mol. The molecule has 0 saturated carbocycles. The Morgan fingerprint density at radius 1 is 1.07 bits per heavy atom. The van der Waals surface area contributed by atoms with E-state index in [1.54, 1.807) is 30.3 Å². The maximum atomic E-state index is 12.8. The molecule has 1 aromatic heterocycles. The molecule has 0 aliphatic heterocycles. The first kappa shape index (κ1) is 18.6. The maximum absolute atomic E-state index is 12.8. The van der Waals surface area contributed by atoms with Gasteiger partial charge in [-0.2, -0.15) is 0 Å². The van der Waals surface area contributed by atoms with Crippen molar-refractivity contribution in [3.8, 4) is 0 Å². The molecule has 1 aliphatic rings. The smallest absolute Gasteiger partial charge is 0.222 e. The summed E-state index contributed by atoms with van der Waals surface area (Å²) in [7, 11) is 0. The molecule has 3 rings (SSSR count). The summed E-state index contributed by atoms with van der Waals surface area (Å²) in [5.41, 5.74) is 0.852. The number of allylic oxidation sites excluding steroid dienone is 1. The van der Waals surface area contributed by atoms with Gasteiger partial charge >= 0.3 is 0 Å². The number of carbonyl (C=O) groups excluding carboxylic acids is 2. The minimum absolute atomic E-state index is 0.00569. The highest BCUT2D eigenvalue weighted by Crippen LogP contribution is 2.28. The lowest BCUT2D eigenvalue weighted by molar-refractivity contribution is -0.560. The largest absolute Gasteiger partial charge is 0.287 e. The number of carbonyl (C=O) groups is 2. The fourth-order valence-electron chi connectivity index (χ4n) is 2.93. The van der Waals surface area contributed by atoms with E-state index < -0.39 is 11.3 Å². The number of fused-ring (bicyclic) bond motifs is 2. The maximum Gasteiger partial charge on any atom is 0.222 e. The van der Waals surface area contributed by atoms with Crippen LogP contribution >= 0.6 is 0 Å². The van der Waals surface area contributed by atoms with Crippen LogP contribution in [0.2, 0.25) is 0 Å². The molecule has 0 amide bonds. The number of benzene rings is 1. The lowest BCUT2D eigenvalue weighted by Gasteiger charge is -2.20. The first-order chi connectivity index (χ1) is 12.6. The van der Waals surface area contributed by atoms with E-state index in [0.29, 0.717) is 17.0 Å². The van der Waals surface area contributed by atoms with E-state index in [4.69, 9.17) is 0 Å². The van der Waals surface area contributed by atoms with E-state index in [1.807, 2.05) is 13.8 Å². The highest BCUT2D eigenvalue weighted by Gasteiger charge is 2.36. The second-order valence-electron chi connectivity index (χ2n) is 7.42. The summed E-state index contributed by atoms with van der Waals surface area (Å²) in [5, 5.41) is 11.3. The normalized spacial score (nSPS) is 13.0. The van der Waals surface area contributed by atoms with Crippen LogP contribution < -0.4 is 0 Å². The lowest BCUT2D eigenvalue weighted by Crippen LogP contribution is -2.35. The highest BCUT2D eigenvalue weighted by molar-refractivity contribution is 6.26. The van der Waals surface area contributed by atoms with Crippen LogP contribution in [-0.4, -0.2) is 32.0 Å². The molecule has 0 bridgehead atoms. The van der Waals surface area contributed by atoms with Gasteiger partial charge < -0.3 is 0 Å². The minimum Gasteiger partial charge on any atom is -0.287 e. The molecule has 0 fully saturated rings. The molecule has 0 radical (unpaired) electrons. The Morgan fingerprint density at radius 2 is 1.59 bits per heavy atom. The van der Waals surface area contributed by atoms with E-state index in [9.17, 15) is 19.7 Å². The molecule has 7 heteroatoms. The standard InChI is InChI=1S/C20H19N3O4/c1-11(2)9-14-15(10-20(3,4)23(26)27)22-17-16(21-14)18(24)12-7-5-6-8-13(12)19(17)25/h5-9H,10H2,1-4H3. The van der Waals surface area contributed by atoms with Crippen molar-refractivity contribution in [1.82, 2.24) is 9.97 Å². The Kier molecular flexibility index (Phi) is 4.47. The number of rotatable bonds is 4. The van der Waals surface area contributed by atoms with Gasteiger partial charge in [0.15, 0.2) is 0 Å². The predicted molar refractivity (Wildman–Crippen MR) is 99.4 cm³/mol. The molecule has 0 saturated heterocycles. The molecule has 0 spiro atoms. The Balaban J connectivity index is 2.22. The quantitative estimate of drug-likeness (QED) is 0.519. The van der Waals surface area contributed by atoms with Gasteiger partial charge in [0, 0.05) is 29.9 Å². The molecule has 7 nitrogen and oxygen atoms in total. The van der Waals surface area contributed by atoms with Gasteiger partial charge in [-0.15, -0.1) is 0 Å². The zero-order chi connectivity index (χ0) is 19.9. The van der Waals surface area contributed by atoms with Crippen molar-refractivity contribution in [3.63, 3.8) is 0 Å². The summed E-state index contributed by atoms with van der Waals surface area (Å²) in [6.07, 6.45) is 1.71. The third-order valence-electron chi connectivity index (χ3n) is 4.37. The van der Waals surface area contributed by atoms with E-state index in [1.165, 1.54) is 13.8 Å². The molecule has 2 aromatic rings. The SMILES string of the molecule is CC(C)=Cc1nc2c(nc1CC(C)(C)[N+](=O)[O-])C(=O)c1ccccc1C2=O. The molecule has 1 heterocycles. The van der Waals surface area contributed by atoms with E-state index in [2.05, 4.69) is 9.97 Å². The number of aromatic nitrogens is 2. The number of ketones is 2. The zero-order valence-electron chi connectivity index (χ0n) is 15.6.